The van der Waals surface area contributed by atoms with E-state index in [-0.39, 0.29) is 0 Å². The summed E-state index contributed by atoms with van der Waals surface area (Å²) >= 11 is 0. The number of amides is 1. The van der Waals surface area contributed by atoms with Crippen molar-refractivity contribution in [1.29, 1.82) is 0 Å². The Hall–Kier alpha value is -2.66. The fourth-order valence-electron chi connectivity index (χ4n) is 1.03. The fourth-order valence-corrected chi connectivity index (χ4v) is 1.03. The van der Waals surface area contributed by atoms with Gasteiger partial charge in [-0.2, -0.15) is 18.2 Å². The van der Waals surface area contributed by atoms with Crippen LogP contribution in [0.1, 0.15) is 0 Å². The van der Waals surface area contributed by atoms with Crippen LogP contribution in [0.25, 0.3) is 0 Å². The molecular formula is C8H7F3N4O5. The first-order valence-electron chi connectivity index (χ1n) is 4.89. The van der Waals surface area contributed by atoms with Gasteiger partial charge in [-0.05, 0) is 0 Å². The number of H-pyrrole nitrogens is 1. The Morgan fingerprint density at radius 1 is 1.55 bits per heavy atom. The summed E-state index contributed by atoms with van der Waals surface area (Å²) in [5, 5.41) is 12.0. The summed E-state index contributed by atoms with van der Waals surface area (Å²) in [6.45, 7) is -2.52. The van der Waals surface area contributed by atoms with E-state index in [4.69, 9.17) is 0 Å². The average molecular weight is 296 g/mol. The Kier molecular flexibility index (Phi) is 4.61. The number of carbonyl (C=O) groups excluding carboxylic acids is 1. The molecule has 1 aromatic heterocycles. The predicted molar refractivity (Wildman–Crippen MR) is 56.1 cm³/mol. The molecule has 0 unspecified atom stereocenters. The van der Waals surface area contributed by atoms with Gasteiger partial charge in [0.1, 0.15) is 6.54 Å². The number of alkyl halides is 3. The number of halogens is 3. The lowest BCUT2D eigenvalue weighted by Gasteiger charge is -2.08. The lowest BCUT2D eigenvalue weighted by atomic mass is 10.5. The van der Waals surface area contributed by atoms with E-state index in [9.17, 15) is 32.9 Å². The lowest BCUT2D eigenvalue weighted by Crippen LogP contribution is -2.36. The molecule has 0 fully saturated rings. The molecule has 0 aliphatic heterocycles. The second-order valence-corrected chi connectivity index (χ2v) is 3.32. The third kappa shape index (κ3) is 4.55. The number of nitro groups is 1. The summed E-state index contributed by atoms with van der Waals surface area (Å²) in [7, 11) is 0. The van der Waals surface area contributed by atoms with E-state index in [1.165, 1.54) is 5.32 Å². The van der Waals surface area contributed by atoms with Crippen molar-refractivity contribution in [3.05, 3.63) is 26.8 Å². The highest BCUT2D eigenvalue weighted by molar-refractivity contribution is 5.77. The minimum Gasteiger partial charge on any atom is -0.463 e. The molecule has 0 aliphatic rings. The Bertz CT molecular complexity index is 570. The van der Waals surface area contributed by atoms with Gasteiger partial charge in [0.05, 0.1) is 11.3 Å². The van der Waals surface area contributed by atoms with Gasteiger partial charge in [-0.1, -0.05) is 0 Å². The Labute approximate surface area is 107 Å². The number of nitrogens with zero attached hydrogens (tertiary/aromatic N) is 2. The van der Waals surface area contributed by atoms with Gasteiger partial charge in [0.25, 0.3) is 5.91 Å². The second-order valence-electron chi connectivity index (χ2n) is 3.32. The van der Waals surface area contributed by atoms with E-state index in [1.54, 1.807) is 0 Å². The van der Waals surface area contributed by atoms with Crippen LogP contribution in [0.4, 0.5) is 18.9 Å². The molecular weight excluding hydrogens is 289 g/mol. The van der Waals surface area contributed by atoms with Gasteiger partial charge in [0.15, 0.2) is 6.61 Å². The van der Waals surface area contributed by atoms with Crippen molar-refractivity contribution < 1.29 is 27.6 Å². The van der Waals surface area contributed by atoms with Crippen LogP contribution in [0.5, 0.6) is 5.88 Å². The third-order valence-electron chi connectivity index (χ3n) is 1.80. The standard InChI is InChI=1S/C8H7F3N4O5/c9-8(10,11)2-12-4(16)1-20-7-5(15(18)19)6(17)13-3-14-7/h3H,1-2H2,(H,12,16)(H,13,14,17). The molecule has 2 N–H and O–H groups in total. The van der Waals surface area contributed by atoms with Crippen LogP contribution < -0.4 is 15.6 Å². The maximum absolute atomic E-state index is 11.8. The predicted octanol–water partition coefficient (Wildman–Crippen LogP) is -0.265. The van der Waals surface area contributed by atoms with Gasteiger partial charge < -0.3 is 15.0 Å². The molecule has 0 aromatic carbocycles. The largest absolute Gasteiger partial charge is 0.463 e. The maximum atomic E-state index is 11.8. The van der Waals surface area contributed by atoms with Crippen LogP contribution in [0.3, 0.4) is 0 Å². The number of carbonyl (C=O) groups is 1. The molecule has 0 atom stereocenters. The highest BCUT2D eigenvalue weighted by atomic mass is 19.4. The maximum Gasteiger partial charge on any atom is 0.405 e. The van der Waals surface area contributed by atoms with Crippen LogP contribution >= 0.6 is 0 Å². The summed E-state index contributed by atoms with van der Waals surface area (Å²) in [4.78, 5) is 36.8. The molecule has 1 rings (SSSR count). The normalized spacial score (nSPS) is 10.9. The first-order chi connectivity index (χ1) is 9.20. The molecule has 1 heterocycles. The highest BCUT2D eigenvalue weighted by Crippen LogP contribution is 2.17. The van der Waals surface area contributed by atoms with Crippen LogP contribution in [0.2, 0.25) is 0 Å². The number of aromatic amines is 1. The number of ether oxygens (including phenoxy) is 1. The summed E-state index contributed by atoms with van der Waals surface area (Å²) in [6, 6.07) is 0. The smallest absolute Gasteiger partial charge is 0.405 e. The molecule has 0 spiro atoms. The van der Waals surface area contributed by atoms with Crippen LogP contribution in [0, 0.1) is 10.1 Å². The van der Waals surface area contributed by atoms with Crippen molar-refractivity contribution in [2.75, 3.05) is 13.2 Å². The molecule has 0 saturated carbocycles. The minimum atomic E-state index is -4.59. The van der Waals surface area contributed by atoms with Gasteiger partial charge in [-0.3, -0.25) is 19.7 Å². The monoisotopic (exact) mass is 296 g/mol. The zero-order chi connectivity index (χ0) is 15.3. The van der Waals surface area contributed by atoms with Crippen molar-refractivity contribution in [2.45, 2.75) is 6.18 Å². The minimum absolute atomic E-state index is 0.763. The number of nitrogens with one attached hydrogen (secondary N) is 2. The van der Waals surface area contributed by atoms with E-state index in [0.29, 0.717) is 0 Å². The highest BCUT2D eigenvalue weighted by Gasteiger charge is 2.28. The van der Waals surface area contributed by atoms with Crippen molar-refractivity contribution in [3.63, 3.8) is 0 Å². The molecule has 0 saturated heterocycles. The molecule has 1 aromatic rings. The molecule has 0 radical (unpaired) electrons. The average Bonchev–Trinajstić information content (AvgIpc) is 2.32. The number of aromatic nitrogens is 2. The molecule has 20 heavy (non-hydrogen) atoms. The van der Waals surface area contributed by atoms with Crippen LogP contribution in [-0.2, 0) is 4.79 Å². The molecule has 1 amide bonds. The summed E-state index contributed by atoms with van der Waals surface area (Å²) in [5.41, 5.74) is -2.16. The zero-order valence-corrected chi connectivity index (χ0v) is 9.56. The van der Waals surface area contributed by atoms with E-state index < -0.39 is 47.3 Å². The van der Waals surface area contributed by atoms with Crippen LogP contribution in [-0.4, -0.2) is 40.1 Å². The van der Waals surface area contributed by atoms with Gasteiger partial charge in [-0.15, -0.1) is 0 Å². The quantitative estimate of drug-likeness (QED) is 0.569. The fraction of sp³-hybridized carbons (Fsp3) is 0.375. The Morgan fingerprint density at radius 3 is 2.75 bits per heavy atom. The summed E-state index contributed by atoms with van der Waals surface area (Å²) in [5.74, 6) is -1.93. The summed E-state index contributed by atoms with van der Waals surface area (Å²) in [6.07, 6.45) is -3.80. The van der Waals surface area contributed by atoms with Crippen molar-refractivity contribution in [3.8, 4) is 5.88 Å². The van der Waals surface area contributed by atoms with Crippen molar-refractivity contribution in [2.24, 2.45) is 0 Å². The molecule has 12 heteroatoms. The Balaban J connectivity index is 2.67. The first kappa shape index (κ1) is 15.4. The van der Waals surface area contributed by atoms with Gasteiger partial charge in [-0.25, -0.2) is 0 Å². The SMILES string of the molecule is O=C(COc1nc[nH]c(=O)c1[N+](=O)[O-])NCC(F)(F)F. The Morgan fingerprint density at radius 2 is 2.20 bits per heavy atom. The second kappa shape index (κ2) is 5.99. The van der Waals surface area contributed by atoms with E-state index in [0.717, 1.165) is 6.33 Å². The molecule has 9 nitrogen and oxygen atoms in total. The van der Waals surface area contributed by atoms with E-state index in [1.807, 2.05) is 4.98 Å². The molecule has 0 bridgehead atoms. The third-order valence-corrected chi connectivity index (χ3v) is 1.80. The van der Waals surface area contributed by atoms with Crippen molar-refractivity contribution >= 4 is 11.6 Å². The van der Waals surface area contributed by atoms with Crippen LogP contribution in [0.15, 0.2) is 11.1 Å². The zero-order valence-electron chi connectivity index (χ0n) is 9.56. The first-order valence-corrected chi connectivity index (χ1v) is 4.89. The van der Waals surface area contributed by atoms with E-state index >= 15 is 0 Å². The van der Waals surface area contributed by atoms with Gasteiger partial charge >= 0.3 is 23.3 Å². The number of hydrogen-bond acceptors (Lipinski definition) is 6. The topological polar surface area (TPSA) is 127 Å². The van der Waals surface area contributed by atoms with Crippen molar-refractivity contribution in [1.82, 2.24) is 15.3 Å². The number of hydrogen-bond donors (Lipinski definition) is 2. The van der Waals surface area contributed by atoms with Gasteiger partial charge in [0, 0.05) is 0 Å². The summed E-state index contributed by atoms with van der Waals surface area (Å²) < 4.78 is 40.0. The lowest BCUT2D eigenvalue weighted by molar-refractivity contribution is -0.387. The molecule has 110 valence electrons. The van der Waals surface area contributed by atoms with Gasteiger partial charge in [0.2, 0.25) is 0 Å². The number of rotatable bonds is 5. The molecule has 0 aliphatic carbocycles. The van der Waals surface area contributed by atoms with E-state index in [2.05, 4.69) is 9.72 Å².